The molecular formula is C20H22N4O2. The number of pyridine rings is 1. The lowest BCUT2D eigenvalue weighted by molar-refractivity contribution is 0.0709. The number of aromatic amines is 2. The smallest absolute Gasteiger partial charge is 0.260 e. The van der Waals surface area contributed by atoms with Gasteiger partial charge in [-0.3, -0.25) is 9.59 Å². The zero-order valence-corrected chi connectivity index (χ0v) is 15.0. The maximum absolute atomic E-state index is 12.6. The first-order valence-corrected chi connectivity index (χ1v) is 8.97. The number of hydrogen-bond acceptors (Lipinski definition) is 3. The molecule has 1 saturated heterocycles. The molecule has 3 heterocycles. The number of aryl methyl sites for hydroxylation is 2. The number of para-hydroxylation sites is 1. The third-order valence-electron chi connectivity index (χ3n) is 5.19. The zero-order valence-electron chi connectivity index (χ0n) is 15.0. The highest BCUT2D eigenvalue weighted by Gasteiger charge is 2.27. The molecule has 1 aliphatic rings. The zero-order chi connectivity index (χ0) is 18.3. The Morgan fingerprint density at radius 2 is 1.88 bits per heavy atom. The lowest BCUT2D eigenvalue weighted by Gasteiger charge is -2.31. The van der Waals surface area contributed by atoms with E-state index in [4.69, 9.17) is 4.98 Å². The van der Waals surface area contributed by atoms with E-state index in [-0.39, 0.29) is 17.0 Å². The number of fused-ring (bicyclic) bond motifs is 1. The van der Waals surface area contributed by atoms with Crippen LogP contribution < -0.4 is 5.56 Å². The minimum Gasteiger partial charge on any atom is -0.342 e. The normalized spacial score (nSPS) is 15.5. The van der Waals surface area contributed by atoms with E-state index >= 15 is 0 Å². The Bertz CT molecular complexity index is 1030. The van der Waals surface area contributed by atoms with Crippen LogP contribution in [0.2, 0.25) is 0 Å². The summed E-state index contributed by atoms with van der Waals surface area (Å²) in [6.45, 7) is 5.13. The Morgan fingerprint density at radius 3 is 2.58 bits per heavy atom. The van der Waals surface area contributed by atoms with Gasteiger partial charge < -0.3 is 14.9 Å². The molecular weight excluding hydrogens is 328 g/mol. The second-order valence-electron chi connectivity index (χ2n) is 7.04. The molecule has 0 bridgehead atoms. The number of carbonyl (C=O) groups excluding carboxylic acids is 1. The number of benzene rings is 1. The Labute approximate surface area is 151 Å². The van der Waals surface area contributed by atoms with Crippen LogP contribution in [-0.2, 0) is 0 Å². The predicted octanol–water partition coefficient (Wildman–Crippen LogP) is 2.89. The molecule has 0 aliphatic carbocycles. The molecule has 0 atom stereocenters. The van der Waals surface area contributed by atoms with Crippen molar-refractivity contribution in [2.24, 2.45) is 0 Å². The summed E-state index contributed by atoms with van der Waals surface area (Å²) in [5.41, 5.74) is 3.90. The number of hydrogen-bond donors (Lipinski definition) is 2. The van der Waals surface area contributed by atoms with Crippen LogP contribution in [0.3, 0.4) is 0 Å². The number of nitrogens with one attached hydrogen (secondary N) is 2. The first-order chi connectivity index (χ1) is 12.5. The number of rotatable bonds is 2. The molecule has 1 aromatic carbocycles. The number of likely N-dealkylation sites (tertiary alicyclic amines) is 1. The summed E-state index contributed by atoms with van der Waals surface area (Å²) < 4.78 is 0. The van der Waals surface area contributed by atoms with E-state index in [0.717, 1.165) is 41.0 Å². The van der Waals surface area contributed by atoms with Crippen LogP contribution in [0.1, 0.15) is 46.2 Å². The highest BCUT2D eigenvalue weighted by atomic mass is 16.2. The molecule has 0 unspecified atom stereocenters. The number of nitrogens with zero attached hydrogens (tertiary/aromatic N) is 2. The summed E-state index contributed by atoms with van der Waals surface area (Å²) in [5.74, 6) is 1.11. The summed E-state index contributed by atoms with van der Waals surface area (Å²) in [4.78, 5) is 37.3. The fourth-order valence-corrected chi connectivity index (χ4v) is 3.65. The van der Waals surface area contributed by atoms with Crippen LogP contribution in [0.25, 0.3) is 11.0 Å². The molecule has 4 rings (SSSR count). The molecule has 3 aromatic rings. The van der Waals surface area contributed by atoms with Gasteiger partial charge in [-0.2, -0.15) is 0 Å². The summed E-state index contributed by atoms with van der Waals surface area (Å²) in [7, 11) is 0. The van der Waals surface area contributed by atoms with Crippen molar-refractivity contribution in [1.82, 2.24) is 19.9 Å². The third-order valence-corrected chi connectivity index (χ3v) is 5.19. The van der Waals surface area contributed by atoms with E-state index in [2.05, 4.69) is 23.0 Å². The highest BCUT2D eigenvalue weighted by molar-refractivity contribution is 5.93. The third kappa shape index (κ3) is 2.92. The van der Waals surface area contributed by atoms with Gasteiger partial charge in [0.25, 0.3) is 11.5 Å². The van der Waals surface area contributed by atoms with E-state index in [1.165, 1.54) is 0 Å². The van der Waals surface area contributed by atoms with E-state index < -0.39 is 0 Å². The molecule has 26 heavy (non-hydrogen) atoms. The standard InChI is InChI=1S/C20H22N4O2/c1-12-4-3-5-16-17(12)23-18(22-16)14-8-10-24(11-9-14)20(26)15-7-6-13(2)21-19(15)25/h3-7,14H,8-11H2,1-2H3,(H,21,25)(H,22,23). The summed E-state index contributed by atoms with van der Waals surface area (Å²) in [6.07, 6.45) is 1.68. The molecule has 2 N–H and O–H groups in total. The van der Waals surface area contributed by atoms with Gasteiger partial charge in [-0.15, -0.1) is 0 Å². The Hall–Kier alpha value is -2.89. The summed E-state index contributed by atoms with van der Waals surface area (Å²) in [6, 6.07) is 9.51. The molecule has 0 spiro atoms. The van der Waals surface area contributed by atoms with Crippen molar-refractivity contribution in [3.8, 4) is 0 Å². The monoisotopic (exact) mass is 350 g/mol. The van der Waals surface area contributed by atoms with Crippen LogP contribution in [0.15, 0.2) is 35.1 Å². The molecule has 1 aliphatic heterocycles. The van der Waals surface area contributed by atoms with Crippen LogP contribution in [0.5, 0.6) is 0 Å². The van der Waals surface area contributed by atoms with Gasteiger partial charge >= 0.3 is 0 Å². The molecule has 0 saturated carbocycles. The lowest BCUT2D eigenvalue weighted by Crippen LogP contribution is -2.40. The fourth-order valence-electron chi connectivity index (χ4n) is 3.65. The van der Waals surface area contributed by atoms with Gasteiger partial charge in [0.2, 0.25) is 0 Å². The molecule has 134 valence electrons. The van der Waals surface area contributed by atoms with Crippen molar-refractivity contribution in [1.29, 1.82) is 0 Å². The predicted molar refractivity (Wildman–Crippen MR) is 101 cm³/mol. The van der Waals surface area contributed by atoms with Crippen LogP contribution >= 0.6 is 0 Å². The SMILES string of the molecule is Cc1ccc(C(=O)N2CCC(c3nc4c(C)cccc4[nH]3)CC2)c(=O)[nH]1. The van der Waals surface area contributed by atoms with Gasteiger partial charge in [-0.25, -0.2) is 4.98 Å². The van der Waals surface area contributed by atoms with Gasteiger partial charge in [0.05, 0.1) is 11.0 Å². The summed E-state index contributed by atoms with van der Waals surface area (Å²) >= 11 is 0. The minimum atomic E-state index is -0.315. The quantitative estimate of drug-likeness (QED) is 0.745. The van der Waals surface area contributed by atoms with Crippen molar-refractivity contribution >= 4 is 16.9 Å². The number of piperidine rings is 1. The number of amides is 1. The molecule has 1 amide bonds. The first kappa shape index (κ1) is 16.6. The van der Waals surface area contributed by atoms with E-state index in [1.807, 2.05) is 12.1 Å². The second-order valence-corrected chi connectivity index (χ2v) is 7.04. The second kappa shape index (κ2) is 6.44. The lowest BCUT2D eigenvalue weighted by atomic mass is 9.95. The largest absolute Gasteiger partial charge is 0.342 e. The fraction of sp³-hybridized carbons (Fsp3) is 0.350. The average molecular weight is 350 g/mol. The molecule has 6 nitrogen and oxygen atoms in total. The molecule has 1 fully saturated rings. The van der Waals surface area contributed by atoms with Crippen molar-refractivity contribution in [3.63, 3.8) is 0 Å². The number of imidazole rings is 1. The van der Waals surface area contributed by atoms with Gasteiger partial charge in [-0.05, 0) is 50.5 Å². The maximum atomic E-state index is 12.6. The Balaban J connectivity index is 1.49. The topological polar surface area (TPSA) is 81.8 Å². The summed E-state index contributed by atoms with van der Waals surface area (Å²) in [5, 5.41) is 0. The maximum Gasteiger partial charge on any atom is 0.260 e. The van der Waals surface area contributed by atoms with Crippen LogP contribution in [0, 0.1) is 13.8 Å². The number of carbonyl (C=O) groups is 1. The molecule has 2 aromatic heterocycles. The van der Waals surface area contributed by atoms with E-state index in [9.17, 15) is 9.59 Å². The van der Waals surface area contributed by atoms with Crippen molar-refractivity contribution in [2.75, 3.05) is 13.1 Å². The molecule has 6 heteroatoms. The molecule has 0 radical (unpaired) electrons. The Morgan fingerprint density at radius 1 is 1.12 bits per heavy atom. The van der Waals surface area contributed by atoms with E-state index in [1.54, 1.807) is 24.0 Å². The van der Waals surface area contributed by atoms with E-state index in [0.29, 0.717) is 19.0 Å². The minimum absolute atomic E-state index is 0.190. The average Bonchev–Trinajstić information content (AvgIpc) is 3.07. The van der Waals surface area contributed by atoms with Gasteiger partial charge in [0, 0.05) is 24.7 Å². The number of H-pyrrole nitrogens is 2. The van der Waals surface area contributed by atoms with Gasteiger partial charge in [0.1, 0.15) is 11.4 Å². The first-order valence-electron chi connectivity index (χ1n) is 8.97. The van der Waals surface area contributed by atoms with Crippen molar-refractivity contribution in [3.05, 3.63) is 63.3 Å². The van der Waals surface area contributed by atoms with Crippen molar-refractivity contribution < 1.29 is 4.79 Å². The van der Waals surface area contributed by atoms with Gasteiger partial charge in [0.15, 0.2) is 0 Å². The van der Waals surface area contributed by atoms with Crippen LogP contribution in [0.4, 0.5) is 0 Å². The highest BCUT2D eigenvalue weighted by Crippen LogP contribution is 2.28. The van der Waals surface area contributed by atoms with Crippen LogP contribution in [-0.4, -0.2) is 38.8 Å². The Kier molecular flexibility index (Phi) is 4.11. The van der Waals surface area contributed by atoms with Crippen molar-refractivity contribution in [2.45, 2.75) is 32.6 Å². The number of aromatic nitrogens is 3. The van der Waals surface area contributed by atoms with Gasteiger partial charge in [-0.1, -0.05) is 12.1 Å².